The smallest absolute Gasteiger partial charge is 0.435 e. The van der Waals surface area contributed by atoms with Crippen LogP contribution < -0.4 is 9.64 Å². The lowest BCUT2D eigenvalue weighted by Crippen LogP contribution is -2.29. The third-order valence-electron chi connectivity index (χ3n) is 3.72. The van der Waals surface area contributed by atoms with E-state index in [9.17, 15) is 18.3 Å². The Balaban J connectivity index is 1.66. The van der Waals surface area contributed by atoms with E-state index in [1.165, 1.54) is 6.07 Å². The molecule has 0 aromatic carbocycles. The van der Waals surface area contributed by atoms with Gasteiger partial charge in [-0.05, 0) is 19.1 Å². The van der Waals surface area contributed by atoms with Gasteiger partial charge < -0.3 is 14.7 Å². The van der Waals surface area contributed by atoms with Crippen LogP contribution in [-0.2, 0) is 12.7 Å². The number of halogens is 3. The highest BCUT2D eigenvalue weighted by Crippen LogP contribution is 2.28. The first-order chi connectivity index (χ1) is 11.4. The molecule has 2 atom stereocenters. The molecule has 10 heteroatoms. The SMILES string of the molecule is CCn1cc(O[C@@H]2CN(c3ccc(C(F)(F)F)nn3)C[C@H]2O)cn1. The molecule has 24 heavy (non-hydrogen) atoms. The van der Waals surface area contributed by atoms with Crippen LogP contribution in [0.25, 0.3) is 0 Å². The number of aliphatic hydroxyl groups is 1. The highest BCUT2D eigenvalue weighted by atomic mass is 19.4. The fourth-order valence-corrected chi connectivity index (χ4v) is 2.46. The molecule has 0 aliphatic carbocycles. The van der Waals surface area contributed by atoms with Gasteiger partial charge in [0.05, 0.1) is 18.9 Å². The molecule has 0 bridgehead atoms. The minimum atomic E-state index is -4.53. The van der Waals surface area contributed by atoms with Gasteiger partial charge >= 0.3 is 6.18 Å². The molecule has 0 amide bonds. The Bertz CT molecular complexity index is 688. The zero-order valence-corrected chi connectivity index (χ0v) is 12.8. The van der Waals surface area contributed by atoms with Crippen LogP contribution in [0, 0.1) is 0 Å². The maximum atomic E-state index is 12.5. The van der Waals surface area contributed by atoms with Crippen molar-refractivity contribution in [2.24, 2.45) is 0 Å². The molecule has 1 saturated heterocycles. The molecule has 0 saturated carbocycles. The molecule has 7 nitrogen and oxygen atoms in total. The van der Waals surface area contributed by atoms with E-state index >= 15 is 0 Å². The Morgan fingerprint density at radius 1 is 1.29 bits per heavy atom. The lowest BCUT2D eigenvalue weighted by Gasteiger charge is -2.17. The summed E-state index contributed by atoms with van der Waals surface area (Å²) in [4.78, 5) is 1.63. The Kier molecular flexibility index (Phi) is 4.31. The summed E-state index contributed by atoms with van der Waals surface area (Å²) < 4.78 is 44.9. The van der Waals surface area contributed by atoms with Gasteiger partial charge in [-0.15, -0.1) is 10.2 Å². The molecular formula is C14H16F3N5O2. The molecule has 3 rings (SSSR count). The molecular weight excluding hydrogens is 327 g/mol. The van der Waals surface area contributed by atoms with Crippen LogP contribution in [0.1, 0.15) is 12.6 Å². The number of hydrogen-bond acceptors (Lipinski definition) is 6. The van der Waals surface area contributed by atoms with E-state index in [-0.39, 0.29) is 12.4 Å². The summed E-state index contributed by atoms with van der Waals surface area (Å²) in [5, 5.41) is 21.0. The number of aliphatic hydroxyl groups excluding tert-OH is 1. The van der Waals surface area contributed by atoms with E-state index in [1.807, 2.05) is 6.92 Å². The third kappa shape index (κ3) is 3.42. The first-order valence-corrected chi connectivity index (χ1v) is 7.40. The molecule has 130 valence electrons. The molecule has 0 unspecified atom stereocenters. The van der Waals surface area contributed by atoms with E-state index in [4.69, 9.17) is 4.74 Å². The molecule has 1 N–H and O–H groups in total. The summed E-state index contributed by atoms with van der Waals surface area (Å²) in [6.07, 6.45) is -2.58. The van der Waals surface area contributed by atoms with Gasteiger partial charge in [0.1, 0.15) is 12.2 Å². The van der Waals surface area contributed by atoms with Gasteiger partial charge in [-0.3, -0.25) is 4.68 Å². The van der Waals surface area contributed by atoms with Crippen molar-refractivity contribution in [1.29, 1.82) is 0 Å². The van der Waals surface area contributed by atoms with Gasteiger partial charge in [0.25, 0.3) is 0 Å². The average molecular weight is 343 g/mol. The predicted octanol–water partition coefficient (Wildman–Crippen LogP) is 1.34. The summed E-state index contributed by atoms with van der Waals surface area (Å²) >= 11 is 0. The molecule has 1 aliphatic heterocycles. The highest BCUT2D eigenvalue weighted by Gasteiger charge is 2.36. The number of rotatable bonds is 4. The molecule has 3 heterocycles. The minimum absolute atomic E-state index is 0.201. The summed E-state index contributed by atoms with van der Waals surface area (Å²) in [6, 6.07) is 2.11. The molecule has 1 fully saturated rings. The quantitative estimate of drug-likeness (QED) is 0.903. The van der Waals surface area contributed by atoms with Gasteiger partial charge in [0, 0.05) is 13.1 Å². The van der Waals surface area contributed by atoms with Crippen LogP contribution >= 0.6 is 0 Å². The monoisotopic (exact) mass is 343 g/mol. The molecule has 2 aromatic heterocycles. The maximum absolute atomic E-state index is 12.5. The Morgan fingerprint density at radius 2 is 2.08 bits per heavy atom. The van der Waals surface area contributed by atoms with Crippen molar-refractivity contribution in [3.8, 4) is 5.75 Å². The predicted molar refractivity (Wildman–Crippen MR) is 77.6 cm³/mol. The second-order valence-corrected chi connectivity index (χ2v) is 5.43. The van der Waals surface area contributed by atoms with Crippen LogP contribution in [0.15, 0.2) is 24.5 Å². The second-order valence-electron chi connectivity index (χ2n) is 5.43. The number of nitrogens with zero attached hydrogens (tertiary/aromatic N) is 5. The number of anilines is 1. The van der Waals surface area contributed by atoms with E-state index in [2.05, 4.69) is 15.3 Å². The van der Waals surface area contributed by atoms with Gasteiger partial charge in [-0.1, -0.05) is 0 Å². The van der Waals surface area contributed by atoms with Crippen LogP contribution in [-0.4, -0.2) is 50.4 Å². The van der Waals surface area contributed by atoms with Gasteiger partial charge in [0.2, 0.25) is 0 Å². The zero-order chi connectivity index (χ0) is 17.3. The number of aromatic nitrogens is 4. The van der Waals surface area contributed by atoms with E-state index in [0.29, 0.717) is 18.8 Å². The topological polar surface area (TPSA) is 76.3 Å². The van der Waals surface area contributed by atoms with Crippen molar-refractivity contribution in [2.45, 2.75) is 31.9 Å². The molecule has 2 aromatic rings. The Morgan fingerprint density at radius 3 is 2.67 bits per heavy atom. The summed E-state index contributed by atoms with van der Waals surface area (Å²) in [5.74, 6) is 0.790. The fourth-order valence-electron chi connectivity index (χ4n) is 2.46. The molecule has 0 radical (unpaired) electrons. The van der Waals surface area contributed by atoms with E-state index in [1.54, 1.807) is 22.0 Å². The normalized spacial score (nSPS) is 21.3. The van der Waals surface area contributed by atoms with Crippen molar-refractivity contribution in [1.82, 2.24) is 20.0 Å². The van der Waals surface area contributed by atoms with Crippen LogP contribution in [0.2, 0.25) is 0 Å². The van der Waals surface area contributed by atoms with Crippen molar-refractivity contribution in [2.75, 3.05) is 18.0 Å². The Labute approximate surface area is 135 Å². The van der Waals surface area contributed by atoms with Gasteiger partial charge in [0.15, 0.2) is 17.3 Å². The van der Waals surface area contributed by atoms with Crippen LogP contribution in [0.5, 0.6) is 5.75 Å². The summed E-state index contributed by atoms with van der Waals surface area (Å²) in [6.45, 7) is 3.13. The number of aryl methyl sites for hydroxylation is 1. The van der Waals surface area contributed by atoms with Crippen molar-refractivity contribution in [3.63, 3.8) is 0 Å². The third-order valence-corrected chi connectivity index (χ3v) is 3.72. The van der Waals surface area contributed by atoms with Gasteiger partial charge in [-0.2, -0.15) is 18.3 Å². The Hall–Kier alpha value is -2.36. The first-order valence-electron chi connectivity index (χ1n) is 7.40. The lowest BCUT2D eigenvalue weighted by atomic mass is 10.3. The van der Waals surface area contributed by atoms with Crippen LogP contribution in [0.3, 0.4) is 0 Å². The number of alkyl halides is 3. The summed E-state index contributed by atoms with van der Waals surface area (Å²) in [5.41, 5.74) is -1.05. The van der Waals surface area contributed by atoms with Crippen molar-refractivity contribution < 1.29 is 23.0 Å². The minimum Gasteiger partial charge on any atom is -0.482 e. The summed E-state index contributed by atoms with van der Waals surface area (Å²) in [7, 11) is 0. The number of β-amino-alcohol motifs (C(OH)–C–C–N with tert-alkyl or cyclic N) is 1. The van der Waals surface area contributed by atoms with E-state index < -0.39 is 24.1 Å². The standard InChI is InChI=1S/C14H16F3N5O2/c1-2-22-6-9(5-18-22)24-11-8-21(7-10(11)23)13-4-3-12(19-20-13)14(15,16)17/h3-6,10-11,23H,2,7-8H2,1H3/t10-,11-/m1/s1. The van der Waals surface area contributed by atoms with E-state index in [0.717, 1.165) is 6.07 Å². The van der Waals surface area contributed by atoms with Crippen molar-refractivity contribution in [3.05, 3.63) is 30.2 Å². The first kappa shape index (κ1) is 16.5. The molecule has 1 aliphatic rings. The van der Waals surface area contributed by atoms with Gasteiger partial charge in [-0.25, -0.2) is 0 Å². The lowest BCUT2D eigenvalue weighted by molar-refractivity contribution is -0.141. The van der Waals surface area contributed by atoms with Crippen molar-refractivity contribution >= 4 is 5.82 Å². The maximum Gasteiger partial charge on any atom is 0.435 e. The van der Waals surface area contributed by atoms with Crippen LogP contribution in [0.4, 0.5) is 19.0 Å². The highest BCUT2D eigenvalue weighted by molar-refractivity contribution is 5.40. The number of hydrogen-bond donors (Lipinski definition) is 1. The second kappa shape index (κ2) is 6.27. The number of ether oxygens (including phenoxy) is 1. The fraction of sp³-hybridized carbons (Fsp3) is 0.500. The average Bonchev–Trinajstić information content (AvgIpc) is 3.14. The zero-order valence-electron chi connectivity index (χ0n) is 12.8. The largest absolute Gasteiger partial charge is 0.482 e. The molecule has 0 spiro atoms.